The Balaban J connectivity index is 1.74. The first-order chi connectivity index (χ1) is 9.97. The van der Waals surface area contributed by atoms with E-state index < -0.39 is 17.9 Å². The Morgan fingerprint density at radius 2 is 1.86 bits per heavy atom. The number of hydrogen-bond donors (Lipinski definition) is 3. The van der Waals surface area contributed by atoms with Gasteiger partial charge < -0.3 is 10.4 Å². The molecule has 0 aromatic rings. The minimum atomic E-state index is -0.829. The van der Waals surface area contributed by atoms with Crippen LogP contribution in [0.2, 0.25) is 0 Å². The average Bonchev–Trinajstić information content (AvgIpc) is 3.00. The van der Waals surface area contributed by atoms with Crippen LogP contribution in [0.5, 0.6) is 0 Å². The van der Waals surface area contributed by atoms with Crippen molar-refractivity contribution in [1.29, 1.82) is 0 Å². The van der Waals surface area contributed by atoms with Gasteiger partial charge in [-0.2, -0.15) is 0 Å². The summed E-state index contributed by atoms with van der Waals surface area (Å²) >= 11 is 0. The van der Waals surface area contributed by atoms with Crippen molar-refractivity contribution < 1.29 is 19.5 Å². The number of nitrogens with zero attached hydrogens (tertiary/aromatic N) is 1. The molecule has 7 nitrogen and oxygen atoms in total. The summed E-state index contributed by atoms with van der Waals surface area (Å²) in [6.45, 7) is 2.43. The van der Waals surface area contributed by atoms with Crippen molar-refractivity contribution in [2.45, 2.75) is 51.1 Å². The van der Waals surface area contributed by atoms with E-state index in [1.807, 2.05) is 0 Å². The highest BCUT2D eigenvalue weighted by molar-refractivity contribution is 5.95. The molecule has 0 spiro atoms. The minimum absolute atomic E-state index is 0.0586. The summed E-state index contributed by atoms with van der Waals surface area (Å²) in [6, 6.07) is -0.473. The molecule has 0 radical (unpaired) electrons. The second-order valence-electron chi connectivity index (χ2n) is 5.95. The van der Waals surface area contributed by atoms with Crippen LogP contribution in [-0.2, 0) is 9.59 Å². The van der Waals surface area contributed by atoms with E-state index >= 15 is 0 Å². The van der Waals surface area contributed by atoms with Crippen LogP contribution in [0.4, 0.5) is 4.79 Å². The Bertz CT molecular complexity index is 420. The molecule has 2 aliphatic rings. The van der Waals surface area contributed by atoms with E-state index in [0.29, 0.717) is 13.0 Å². The van der Waals surface area contributed by atoms with Crippen LogP contribution in [0, 0.1) is 5.92 Å². The fourth-order valence-electron chi connectivity index (χ4n) is 3.20. The van der Waals surface area contributed by atoms with Gasteiger partial charge in [-0.05, 0) is 32.7 Å². The summed E-state index contributed by atoms with van der Waals surface area (Å²) < 4.78 is 0. The molecule has 2 unspecified atom stereocenters. The van der Waals surface area contributed by atoms with Crippen LogP contribution in [0.25, 0.3) is 0 Å². The largest absolute Gasteiger partial charge is 0.481 e. The monoisotopic (exact) mass is 297 g/mol. The van der Waals surface area contributed by atoms with Crippen molar-refractivity contribution in [2.75, 3.05) is 13.1 Å². The van der Waals surface area contributed by atoms with Crippen LogP contribution < -0.4 is 10.6 Å². The van der Waals surface area contributed by atoms with Gasteiger partial charge in [-0.25, -0.2) is 4.79 Å². The molecule has 2 rings (SSSR count). The number of nitrogens with one attached hydrogen (secondary N) is 2. The highest BCUT2D eigenvalue weighted by atomic mass is 16.4. The van der Waals surface area contributed by atoms with Gasteiger partial charge in [0.05, 0.1) is 12.5 Å². The Kier molecular flexibility index (Phi) is 5.17. The number of imide groups is 1. The molecular weight excluding hydrogens is 274 g/mol. The smallest absolute Gasteiger partial charge is 0.321 e. The highest BCUT2D eigenvalue weighted by Gasteiger charge is 2.36. The standard InChI is InChI=1S/C14H23N3O4/c1-9-11(13(19)20)6-7-17(9)8-12(18)16-14(21)15-10-4-2-3-5-10/h9-11H,2-8H2,1H3,(H,19,20)(H2,15,16,18,21). The van der Waals surface area contributed by atoms with Gasteiger partial charge in [0, 0.05) is 12.1 Å². The predicted octanol–water partition coefficient (Wildman–Crippen LogP) is 0.550. The first-order valence-corrected chi connectivity index (χ1v) is 7.54. The normalized spacial score (nSPS) is 26.7. The highest BCUT2D eigenvalue weighted by Crippen LogP contribution is 2.23. The fourth-order valence-corrected chi connectivity index (χ4v) is 3.20. The van der Waals surface area contributed by atoms with E-state index in [4.69, 9.17) is 5.11 Å². The number of carbonyl (C=O) groups is 3. The quantitative estimate of drug-likeness (QED) is 0.704. The third-order valence-corrected chi connectivity index (χ3v) is 4.49. The molecule has 1 heterocycles. The van der Waals surface area contributed by atoms with Crippen LogP contribution in [0.3, 0.4) is 0 Å². The zero-order chi connectivity index (χ0) is 15.4. The molecule has 1 aliphatic carbocycles. The van der Waals surface area contributed by atoms with Gasteiger partial charge in [0.15, 0.2) is 0 Å². The SMILES string of the molecule is CC1C(C(=O)O)CCN1CC(=O)NC(=O)NC1CCCC1. The van der Waals surface area contributed by atoms with Crippen LogP contribution in [-0.4, -0.2) is 53.1 Å². The predicted molar refractivity (Wildman–Crippen MR) is 75.7 cm³/mol. The molecule has 1 saturated heterocycles. The van der Waals surface area contributed by atoms with E-state index in [2.05, 4.69) is 10.6 Å². The summed E-state index contributed by atoms with van der Waals surface area (Å²) in [7, 11) is 0. The second kappa shape index (κ2) is 6.89. The Hall–Kier alpha value is -1.63. The van der Waals surface area contributed by atoms with Crippen molar-refractivity contribution in [1.82, 2.24) is 15.5 Å². The van der Waals surface area contributed by atoms with Crippen LogP contribution in [0.1, 0.15) is 39.0 Å². The van der Waals surface area contributed by atoms with Crippen molar-refractivity contribution in [2.24, 2.45) is 5.92 Å². The number of urea groups is 1. The average molecular weight is 297 g/mol. The van der Waals surface area contributed by atoms with Crippen molar-refractivity contribution in [3.8, 4) is 0 Å². The van der Waals surface area contributed by atoms with Gasteiger partial charge in [0.2, 0.25) is 5.91 Å². The zero-order valence-corrected chi connectivity index (χ0v) is 12.3. The van der Waals surface area contributed by atoms with Gasteiger partial charge >= 0.3 is 12.0 Å². The molecule has 118 valence electrons. The molecule has 3 amide bonds. The Labute approximate surface area is 124 Å². The Morgan fingerprint density at radius 3 is 2.43 bits per heavy atom. The number of carboxylic acids is 1. The van der Waals surface area contributed by atoms with Gasteiger partial charge in [-0.3, -0.25) is 19.8 Å². The summed E-state index contributed by atoms with van der Waals surface area (Å²) in [6.07, 6.45) is 4.69. The van der Waals surface area contributed by atoms with Gasteiger partial charge in [-0.15, -0.1) is 0 Å². The number of hydrogen-bond acceptors (Lipinski definition) is 4. The fraction of sp³-hybridized carbons (Fsp3) is 0.786. The van der Waals surface area contributed by atoms with Crippen molar-refractivity contribution in [3.05, 3.63) is 0 Å². The van der Waals surface area contributed by atoms with Crippen molar-refractivity contribution >= 4 is 17.9 Å². The first-order valence-electron chi connectivity index (χ1n) is 7.54. The molecule has 0 bridgehead atoms. The molecule has 0 aromatic heterocycles. The number of likely N-dealkylation sites (tertiary alicyclic amines) is 1. The van der Waals surface area contributed by atoms with Gasteiger partial charge in [-0.1, -0.05) is 12.8 Å². The number of amides is 3. The topological polar surface area (TPSA) is 98.7 Å². The van der Waals surface area contributed by atoms with E-state index in [9.17, 15) is 14.4 Å². The van der Waals surface area contributed by atoms with Crippen LogP contribution in [0.15, 0.2) is 0 Å². The van der Waals surface area contributed by atoms with E-state index in [-0.39, 0.29) is 24.5 Å². The lowest BCUT2D eigenvalue weighted by Crippen LogP contribution is -2.48. The second-order valence-corrected chi connectivity index (χ2v) is 5.95. The van der Waals surface area contributed by atoms with Crippen LogP contribution >= 0.6 is 0 Å². The third-order valence-electron chi connectivity index (χ3n) is 4.49. The lowest BCUT2D eigenvalue weighted by Gasteiger charge is -2.22. The summed E-state index contributed by atoms with van der Waals surface area (Å²) in [5, 5.41) is 14.2. The molecule has 1 saturated carbocycles. The molecule has 0 aromatic carbocycles. The molecule has 7 heteroatoms. The molecule has 2 atom stereocenters. The van der Waals surface area contributed by atoms with E-state index in [1.165, 1.54) is 0 Å². The van der Waals surface area contributed by atoms with E-state index in [0.717, 1.165) is 25.7 Å². The number of rotatable bonds is 4. The molecule has 2 fully saturated rings. The maximum Gasteiger partial charge on any atom is 0.321 e. The molecule has 3 N–H and O–H groups in total. The third kappa shape index (κ3) is 4.17. The molecule has 1 aliphatic heterocycles. The summed E-state index contributed by atoms with van der Waals surface area (Å²) in [5.74, 6) is -1.65. The maximum absolute atomic E-state index is 11.8. The first kappa shape index (κ1) is 15.8. The lowest BCUT2D eigenvalue weighted by molar-refractivity contribution is -0.142. The summed E-state index contributed by atoms with van der Waals surface area (Å²) in [4.78, 5) is 36.4. The zero-order valence-electron chi connectivity index (χ0n) is 12.3. The van der Waals surface area contributed by atoms with Gasteiger partial charge in [0.1, 0.15) is 0 Å². The Morgan fingerprint density at radius 1 is 1.19 bits per heavy atom. The summed E-state index contributed by atoms with van der Waals surface area (Å²) in [5.41, 5.74) is 0. The number of carbonyl (C=O) groups excluding carboxylic acids is 2. The van der Waals surface area contributed by atoms with E-state index in [1.54, 1.807) is 11.8 Å². The maximum atomic E-state index is 11.8. The van der Waals surface area contributed by atoms with Crippen molar-refractivity contribution in [3.63, 3.8) is 0 Å². The minimum Gasteiger partial charge on any atom is -0.481 e. The molecule has 21 heavy (non-hydrogen) atoms. The number of aliphatic carboxylic acids is 1. The lowest BCUT2D eigenvalue weighted by atomic mass is 10.0. The van der Waals surface area contributed by atoms with Gasteiger partial charge in [0.25, 0.3) is 0 Å². The molecular formula is C14H23N3O4. The number of carboxylic acid groups (broad SMARTS) is 1.